The Morgan fingerprint density at radius 2 is 1.50 bits per heavy atom. The molecule has 1 aliphatic rings. The molecule has 1 aliphatic heterocycles. The molecule has 0 amide bonds. The molecule has 0 unspecified atom stereocenters. The van der Waals surface area contributed by atoms with E-state index in [-0.39, 0.29) is 6.42 Å². The molecule has 0 aromatic heterocycles. The van der Waals surface area contributed by atoms with Gasteiger partial charge in [-0.15, -0.1) is 6.42 Å². The molecule has 0 aliphatic carbocycles. The lowest BCUT2D eigenvalue weighted by molar-refractivity contribution is -0.153. The SMILES string of the molecule is C#C[C@]1(COC(=O)c2ccc(C)cc2)OC(=O)C[C@]1(C)OC(=O)c1ccc(C)cc1. The predicted octanol–water partition coefficient (Wildman–Crippen LogP) is 3.39. The van der Waals surface area contributed by atoms with Crippen LogP contribution in [0.5, 0.6) is 0 Å². The topological polar surface area (TPSA) is 78.9 Å². The van der Waals surface area contributed by atoms with Crippen LogP contribution in [0.3, 0.4) is 0 Å². The lowest BCUT2D eigenvalue weighted by Gasteiger charge is -2.35. The number of hydrogen-bond donors (Lipinski definition) is 0. The number of carbonyl (C=O) groups is 3. The van der Waals surface area contributed by atoms with Crippen molar-refractivity contribution in [1.29, 1.82) is 0 Å². The molecule has 3 rings (SSSR count). The molecule has 0 spiro atoms. The maximum atomic E-state index is 12.7. The summed E-state index contributed by atoms with van der Waals surface area (Å²) >= 11 is 0. The van der Waals surface area contributed by atoms with E-state index in [9.17, 15) is 14.4 Å². The summed E-state index contributed by atoms with van der Waals surface area (Å²) in [5, 5.41) is 0. The zero-order valence-corrected chi connectivity index (χ0v) is 17.1. The molecular weight excluding hydrogens is 384 g/mol. The maximum absolute atomic E-state index is 12.7. The largest absolute Gasteiger partial charge is 0.457 e. The van der Waals surface area contributed by atoms with Gasteiger partial charge in [-0.3, -0.25) is 4.79 Å². The van der Waals surface area contributed by atoms with Gasteiger partial charge in [-0.2, -0.15) is 0 Å². The summed E-state index contributed by atoms with van der Waals surface area (Å²) in [6.45, 7) is 4.85. The van der Waals surface area contributed by atoms with Gasteiger partial charge in [-0.25, -0.2) is 9.59 Å². The summed E-state index contributed by atoms with van der Waals surface area (Å²) < 4.78 is 16.3. The number of benzene rings is 2. The fraction of sp³-hybridized carbons (Fsp3) is 0.292. The highest BCUT2D eigenvalue weighted by Gasteiger charge is 2.61. The van der Waals surface area contributed by atoms with Crippen molar-refractivity contribution >= 4 is 17.9 Å². The Morgan fingerprint density at radius 3 is 2.00 bits per heavy atom. The molecule has 6 nitrogen and oxygen atoms in total. The number of cyclic esters (lactones) is 1. The van der Waals surface area contributed by atoms with Crippen LogP contribution in [0.2, 0.25) is 0 Å². The highest BCUT2D eigenvalue weighted by molar-refractivity contribution is 5.91. The number of carbonyl (C=O) groups excluding carboxylic acids is 3. The Hall–Kier alpha value is -3.59. The Morgan fingerprint density at radius 1 is 1.00 bits per heavy atom. The van der Waals surface area contributed by atoms with Crippen molar-refractivity contribution in [1.82, 2.24) is 0 Å². The Kier molecular flexibility index (Phi) is 5.66. The molecule has 154 valence electrons. The van der Waals surface area contributed by atoms with Crippen LogP contribution in [0, 0.1) is 26.2 Å². The van der Waals surface area contributed by atoms with E-state index in [0.717, 1.165) is 11.1 Å². The second-order valence-electron chi connectivity index (χ2n) is 7.55. The summed E-state index contributed by atoms with van der Waals surface area (Å²) in [7, 11) is 0. The van der Waals surface area contributed by atoms with Crippen LogP contribution >= 0.6 is 0 Å². The van der Waals surface area contributed by atoms with E-state index in [0.29, 0.717) is 11.1 Å². The first-order valence-electron chi connectivity index (χ1n) is 9.41. The zero-order valence-electron chi connectivity index (χ0n) is 17.1. The standard InChI is InChI=1S/C24H22O6/c1-5-24(15-28-21(26)18-10-6-16(2)7-11-18)23(4,14-20(25)29-24)30-22(27)19-12-8-17(3)9-13-19/h1,6-13H,14-15H2,2-4H3/t23-,24+/m0/s1. The van der Waals surface area contributed by atoms with Gasteiger partial charge in [0, 0.05) is 0 Å². The molecule has 1 heterocycles. The zero-order chi connectivity index (χ0) is 21.9. The van der Waals surface area contributed by atoms with Gasteiger partial charge in [0.1, 0.15) is 6.61 Å². The number of aryl methyl sites for hydroxylation is 2. The lowest BCUT2D eigenvalue weighted by Crippen LogP contribution is -2.54. The monoisotopic (exact) mass is 406 g/mol. The van der Waals surface area contributed by atoms with Crippen LogP contribution < -0.4 is 0 Å². The average Bonchev–Trinajstić information content (AvgIpc) is 2.96. The Balaban J connectivity index is 1.80. The highest BCUT2D eigenvalue weighted by atomic mass is 16.6. The summed E-state index contributed by atoms with van der Waals surface area (Å²) in [6.07, 6.45) is 5.42. The first-order chi connectivity index (χ1) is 14.2. The van der Waals surface area contributed by atoms with Crippen LogP contribution in [-0.4, -0.2) is 35.7 Å². The summed E-state index contributed by atoms with van der Waals surface area (Å²) in [6, 6.07) is 13.6. The van der Waals surface area contributed by atoms with Crippen LogP contribution in [0.15, 0.2) is 48.5 Å². The van der Waals surface area contributed by atoms with Crippen LogP contribution in [-0.2, 0) is 19.0 Å². The summed E-state index contributed by atoms with van der Waals surface area (Å²) in [4.78, 5) is 37.2. The van der Waals surface area contributed by atoms with Crippen molar-refractivity contribution < 1.29 is 28.6 Å². The molecule has 2 aromatic rings. The van der Waals surface area contributed by atoms with E-state index in [1.54, 1.807) is 48.5 Å². The fourth-order valence-electron chi connectivity index (χ4n) is 3.17. The van der Waals surface area contributed by atoms with Gasteiger partial charge in [0.2, 0.25) is 5.60 Å². The normalized spacial score (nSPS) is 22.7. The minimum Gasteiger partial charge on any atom is -0.457 e. The average molecular weight is 406 g/mol. The minimum atomic E-state index is -1.73. The molecule has 0 N–H and O–H groups in total. The van der Waals surface area contributed by atoms with Gasteiger partial charge in [0.25, 0.3) is 0 Å². The molecule has 2 atom stereocenters. The van der Waals surface area contributed by atoms with E-state index in [4.69, 9.17) is 20.6 Å². The molecule has 1 fully saturated rings. The van der Waals surface area contributed by atoms with E-state index in [1.807, 2.05) is 13.8 Å². The Bertz CT molecular complexity index is 1020. The predicted molar refractivity (Wildman–Crippen MR) is 109 cm³/mol. The van der Waals surface area contributed by atoms with Crippen LogP contribution in [0.1, 0.15) is 45.2 Å². The summed E-state index contributed by atoms with van der Waals surface area (Å²) in [5.41, 5.74) is -0.622. The van der Waals surface area contributed by atoms with E-state index in [2.05, 4.69) is 5.92 Å². The summed E-state index contributed by atoms with van der Waals surface area (Å²) in [5.74, 6) is 0.465. The van der Waals surface area contributed by atoms with Crippen LogP contribution in [0.4, 0.5) is 0 Å². The number of ether oxygens (including phenoxy) is 3. The van der Waals surface area contributed by atoms with Gasteiger partial charge in [-0.1, -0.05) is 41.3 Å². The lowest BCUT2D eigenvalue weighted by atomic mass is 9.85. The molecule has 1 saturated heterocycles. The van der Waals surface area contributed by atoms with Crippen molar-refractivity contribution in [3.8, 4) is 12.3 Å². The number of hydrogen-bond acceptors (Lipinski definition) is 6. The minimum absolute atomic E-state index is 0.253. The van der Waals surface area contributed by atoms with Crippen molar-refractivity contribution in [3.05, 3.63) is 70.8 Å². The highest BCUT2D eigenvalue weighted by Crippen LogP contribution is 2.40. The second kappa shape index (κ2) is 8.03. The fourth-order valence-corrected chi connectivity index (χ4v) is 3.17. The van der Waals surface area contributed by atoms with Crippen LogP contribution in [0.25, 0.3) is 0 Å². The molecule has 0 radical (unpaired) electrons. The van der Waals surface area contributed by atoms with Crippen molar-refractivity contribution in [2.75, 3.05) is 6.61 Å². The van der Waals surface area contributed by atoms with Crippen molar-refractivity contribution in [2.45, 2.75) is 38.4 Å². The van der Waals surface area contributed by atoms with Gasteiger partial charge in [-0.05, 0) is 45.0 Å². The van der Waals surface area contributed by atoms with Gasteiger partial charge < -0.3 is 14.2 Å². The Labute approximate surface area is 175 Å². The molecule has 30 heavy (non-hydrogen) atoms. The molecule has 0 bridgehead atoms. The number of terminal acetylenes is 1. The van der Waals surface area contributed by atoms with E-state index >= 15 is 0 Å². The second-order valence-corrected chi connectivity index (χ2v) is 7.55. The molecule has 6 heteroatoms. The third kappa shape index (κ3) is 4.06. The molecule has 2 aromatic carbocycles. The van der Waals surface area contributed by atoms with E-state index in [1.165, 1.54) is 6.92 Å². The smallest absolute Gasteiger partial charge is 0.338 e. The molecular formula is C24H22O6. The first kappa shape index (κ1) is 21.1. The number of rotatable bonds is 5. The molecule has 0 saturated carbocycles. The van der Waals surface area contributed by atoms with Crippen molar-refractivity contribution in [3.63, 3.8) is 0 Å². The van der Waals surface area contributed by atoms with E-state index < -0.39 is 35.7 Å². The third-order valence-corrected chi connectivity index (χ3v) is 5.16. The maximum Gasteiger partial charge on any atom is 0.338 e. The quantitative estimate of drug-likeness (QED) is 0.430. The van der Waals surface area contributed by atoms with Gasteiger partial charge in [0.05, 0.1) is 17.5 Å². The van der Waals surface area contributed by atoms with Gasteiger partial charge >= 0.3 is 17.9 Å². The first-order valence-corrected chi connectivity index (χ1v) is 9.41. The van der Waals surface area contributed by atoms with Crippen molar-refractivity contribution in [2.24, 2.45) is 0 Å². The third-order valence-electron chi connectivity index (χ3n) is 5.16. The van der Waals surface area contributed by atoms with Gasteiger partial charge in [0.15, 0.2) is 5.60 Å². The number of esters is 3.